The van der Waals surface area contributed by atoms with Crippen LogP contribution in [0.5, 0.6) is 0 Å². The van der Waals surface area contributed by atoms with E-state index < -0.39 is 9.84 Å². The number of sulfone groups is 1. The van der Waals surface area contributed by atoms with Gasteiger partial charge < -0.3 is 0 Å². The predicted molar refractivity (Wildman–Crippen MR) is 87.0 cm³/mol. The molecule has 0 atom stereocenters. The first-order valence-electron chi connectivity index (χ1n) is 5.70. The first-order chi connectivity index (χ1) is 7.89. The first kappa shape index (κ1) is 22.6. The summed E-state index contributed by atoms with van der Waals surface area (Å²) in [7, 11) is -2.85. The number of rotatable bonds is 5. The van der Waals surface area contributed by atoms with Gasteiger partial charge in [0.15, 0.2) is 9.84 Å². The molecule has 0 bridgehead atoms. The Hall–Kier alpha value is 0.390. The number of thioether (sulfide) groups is 2. The number of allylic oxidation sites excluding steroid dienone is 1. The largest absolute Gasteiger partial charge is 0.225 e. The van der Waals surface area contributed by atoms with Gasteiger partial charge in [0.2, 0.25) is 0 Å². The van der Waals surface area contributed by atoms with Crippen molar-refractivity contribution in [3.05, 3.63) is 11.5 Å². The third kappa shape index (κ3) is 48.2. The Morgan fingerprint density at radius 2 is 1.35 bits per heavy atom. The monoisotopic (exact) mass is 300 g/mol. The number of hydrogen-bond acceptors (Lipinski definition) is 4. The molecular formula is C12H28O2S3. The minimum absolute atomic E-state index is 1.16. The molecule has 0 aromatic rings. The molecule has 0 amide bonds. The highest BCUT2D eigenvalue weighted by Crippen LogP contribution is 1.91. The summed E-state index contributed by atoms with van der Waals surface area (Å²) in [5.41, 5.74) is 0. The van der Waals surface area contributed by atoms with Gasteiger partial charge in [0.1, 0.15) is 0 Å². The van der Waals surface area contributed by atoms with E-state index in [0.29, 0.717) is 0 Å². The SMILES string of the molecule is C/C=C/S(C)(=O)=O.CCCSC.CCCSC. The molecule has 0 aromatic carbocycles. The minimum Gasteiger partial charge on any atom is -0.225 e. The third-order valence-corrected chi connectivity index (χ3v) is 3.60. The van der Waals surface area contributed by atoms with E-state index in [4.69, 9.17) is 0 Å². The molecule has 0 saturated carbocycles. The molecule has 0 unspecified atom stereocenters. The standard InChI is InChI=1S/C4H8O2S.2C4H10S/c1-3-4-7(2,5)6;2*1-3-4-5-2/h3-4H,1-2H3;2*3-4H2,1-2H3/b4-3+;;. The lowest BCUT2D eigenvalue weighted by atomic mass is 10.6. The van der Waals surface area contributed by atoms with Gasteiger partial charge in [-0.25, -0.2) is 8.42 Å². The van der Waals surface area contributed by atoms with Crippen molar-refractivity contribution in [2.75, 3.05) is 30.3 Å². The molecule has 0 rings (SSSR count). The molecule has 0 radical (unpaired) electrons. The molecule has 0 fully saturated rings. The van der Waals surface area contributed by atoms with Crippen molar-refractivity contribution in [2.24, 2.45) is 0 Å². The summed E-state index contributed by atoms with van der Waals surface area (Å²) in [6, 6.07) is 0. The lowest BCUT2D eigenvalue weighted by Crippen LogP contribution is -1.86. The average Bonchev–Trinajstić information content (AvgIpc) is 2.20. The summed E-state index contributed by atoms with van der Waals surface area (Å²) in [6.45, 7) is 6.05. The second-order valence-electron chi connectivity index (χ2n) is 3.28. The molecule has 0 aliphatic heterocycles. The van der Waals surface area contributed by atoms with E-state index in [0.717, 1.165) is 11.7 Å². The van der Waals surface area contributed by atoms with E-state index in [2.05, 4.69) is 26.4 Å². The molecule has 5 heteroatoms. The smallest absolute Gasteiger partial charge is 0.168 e. The molecule has 0 saturated heterocycles. The van der Waals surface area contributed by atoms with E-state index in [-0.39, 0.29) is 0 Å². The Bertz CT molecular complexity index is 224. The van der Waals surface area contributed by atoms with Gasteiger partial charge in [-0.15, -0.1) is 0 Å². The van der Waals surface area contributed by atoms with Crippen LogP contribution in [0.3, 0.4) is 0 Å². The van der Waals surface area contributed by atoms with Crippen molar-refractivity contribution in [3.63, 3.8) is 0 Å². The van der Waals surface area contributed by atoms with Crippen LogP contribution < -0.4 is 0 Å². The molecule has 0 spiro atoms. The fraction of sp³-hybridized carbons (Fsp3) is 0.833. The maximum atomic E-state index is 10.1. The van der Waals surface area contributed by atoms with Crippen LogP contribution in [-0.4, -0.2) is 38.7 Å². The van der Waals surface area contributed by atoms with Crippen molar-refractivity contribution in [1.82, 2.24) is 0 Å². The van der Waals surface area contributed by atoms with Crippen LogP contribution in [0.25, 0.3) is 0 Å². The van der Waals surface area contributed by atoms with Gasteiger partial charge in [0, 0.05) is 11.7 Å². The summed E-state index contributed by atoms with van der Waals surface area (Å²) >= 11 is 3.80. The summed E-state index contributed by atoms with van der Waals surface area (Å²) in [5.74, 6) is 2.61. The molecule has 0 N–H and O–H groups in total. The van der Waals surface area contributed by atoms with Crippen molar-refractivity contribution >= 4 is 33.4 Å². The van der Waals surface area contributed by atoms with Crippen LogP contribution in [-0.2, 0) is 9.84 Å². The van der Waals surface area contributed by atoms with Gasteiger partial charge in [-0.2, -0.15) is 23.5 Å². The van der Waals surface area contributed by atoms with Gasteiger partial charge in [-0.3, -0.25) is 0 Å². The zero-order valence-electron chi connectivity index (χ0n) is 12.0. The van der Waals surface area contributed by atoms with Gasteiger partial charge in [-0.1, -0.05) is 19.9 Å². The van der Waals surface area contributed by atoms with E-state index in [1.807, 2.05) is 23.5 Å². The maximum absolute atomic E-state index is 10.1. The topological polar surface area (TPSA) is 34.1 Å². The Kier molecular flexibility index (Phi) is 24.9. The maximum Gasteiger partial charge on any atom is 0.168 e. The highest BCUT2D eigenvalue weighted by Gasteiger charge is 1.87. The molecule has 2 nitrogen and oxygen atoms in total. The van der Waals surface area contributed by atoms with E-state index in [9.17, 15) is 8.42 Å². The number of hydrogen-bond donors (Lipinski definition) is 0. The van der Waals surface area contributed by atoms with Crippen molar-refractivity contribution in [1.29, 1.82) is 0 Å². The van der Waals surface area contributed by atoms with Crippen LogP contribution in [0.15, 0.2) is 11.5 Å². The van der Waals surface area contributed by atoms with E-state index in [1.165, 1.54) is 30.4 Å². The van der Waals surface area contributed by atoms with Gasteiger partial charge in [-0.05, 0) is 43.8 Å². The highest BCUT2D eigenvalue weighted by atomic mass is 32.2. The Labute approximate surface area is 117 Å². The lowest BCUT2D eigenvalue weighted by molar-refractivity contribution is 0.610. The Balaban J connectivity index is -0.000000177. The third-order valence-electron chi connectivity index (χ3n) is 1.20. The van der Waals surface area contributed by atoms with Crippen LogP contribution in [0.1, 0.15) is 33.6 Å². The predicted octanol–water partition coefficient (Wildman–Crippen LogP) is 4.08. The molecule has 0 heterocycles. The molecule has 17 heavy (non-hydrogen) atoms. The zero-order valence-corrected chi connectivity index (χ0v) is 14.5. The summed E-state index contributed by atoms with van der Waals surface area (Å²) in [6.07, 6.45) is 9.53. The van der Waals surface area contributed by atoms with Crippen molar-refractivity contribution in [3.8, 4) is 0 Å². The summed E-state index contributed by atoms with van der Waals surface area (Å²) in [4.78, 5) is 0. The van der Waals surface area contributed by atoms with Crippen molar-refractivity contribution in [2.45, 2.75) is 33.6 Å². The fourth-order valence-electron chi connectivity index (χ4n) is 0.655. The fourth-order valence-corrected chi connectivity index (χ4v) is 1.97. The lowest BCUT2D eigenvalue weighted by Gasteiger charge is -1.80. The van der Waals surface area contributed by atoms with E-state index in [1.54, 1.807) is 6.92 Å². The normalized spacial score (nSPS) is 10.2. The van der Waals surface area contributed by atoms with Gasteiger partial charge in [0.25, 0.3) is 0 Å². The molecule has 0 aliphatic carbocycles. The quantitative estimate of drug-likeness (QED) is 0.766. The van der Waals surface area contributed by atoms with Crippen LogP contribution in [0.2, 0.25) is 0 Å². The first-order valence-corrected chi connectivity index (χ1v) is 10.4. The molecule has 106 valence electrons. The molecule has 0 aromatic heterocycles. The summed E-state index contributed by atoms with van der Waals surface area (Å²) < 4.78 is 20.3. The molecule has 0 aliphatic rings. The van der Waals surface area contributed by atoms with E-state index >= 15 is 0 Å². The summed E-state index contributed by atoms with van der Waals surface area (Å²) in [5, 5.41) is 1.16. The second-order valence-corrected chi connectivity index (χ2v) is 7.19. The van der Waals surface area contributed by atoms with Gasteiger partial charge >= 0.3 is 0 Å². The minimum atomic E-state index is -2.85. The highest BCUT2D eigenvalue weighted by molar-refractivity contribution is 7.98. The average molecular weight is 301 g/mol. The van der Waals surface area contributed by atoms with Crippen LogP contribution in [0, 0.1) is 0 Å². The zero-order chi connectivity index (χ0) is 14.2. The Morgan fingerprint density at radius 3 is 1.35 bits per heavy atom. The van der Waals surface area contributed by atoms with Crippen molar-refractivity contribution < 1.29 is 8.42 Å². The Morgan fingerprint density at radius 1 is 1.00 bits per heavy atom. The van der Waals surface area contributed by atoms with Crippen LogP contribution >= 0.6 is 23.5 Å². The second kappa shape index (κ2) is 18.7. The van der Waals surface area contributed by atoms with Gasteiger partial charge in [0.05, 0.1) is 0 Å². The molecular weight excluding hydrogens is 272 g/mol. The van der Waals surface area contributed by atoms with Crippen LogP contribution in [0.4, 0.5) is 0 Å².